The first-order valence-electron chi connectivity index (χ1n) is 7.85. The Morgan fingerprint density at radius 2 is 2.05 bits per heavy atom. The molecule has 2 saturated carbocycles. The summed E-state index contributed by atoms with van der Waals surface area (Å²) in [5.41, 5.74) is 1.12. The van der Waals surface area contributed by atoms with Crippen molar-refractivity contribution < 1.29 is 4.79 Å². The topological polar surface area (TPSA) is 32.3 Å². The fraction of sp³-hybridized carbons (Fsp3) is 0.588. The number of fused-ring (bicyclic) bond motifs is 2. The van der Waals surface area contributed by atoms with Gasteiger partial charge in [0.15, 0.2) is 0 Å². The average molecular weight is 272 g/mol. The number of carbonyl (C=O) groups excluding carboxylic acids is 1. The van der Waals surface area contributed by atoms with Gasteiger partial charge < -0.3 is 10.2 Å². The van der Waals surface area contributed by atoms with Gasteiger partial charge in [0.25, 0.3) is 0 Å². The zero-order valence-corrected chi connectivity index (χ0v) is 12.2. The zero-order chi connectivity index (χ0) is 13.9. The number of nitrogens with one attached hydrogen (secondary N) is 1. The second kappa shape index (κ2) is 5.86. The molecule has 1 amide bonds. The summed E-state index contributed by atoms with van der Waals surface area (Å²) in [6.07, 6.45) is 5.23. The average Bonchev–Trinajstić information content (AvgIpc) is 3.08. The first-order chi connectivity index (χ1) is 9.76. The standard InChI is InChI=1S/C17H24N2O/c1-2-19(15-6-4-3-5-7-15)12-17(20)18-16-11-13-8-9-14(16)10-13/h3-7,13-14,16H,2,8-12H2,1H3,(H,18,20). The van der Waals surface area contributed by atoms with Crippen molar-refractivity contribution in [2.75, 3.05) is 18.0 Å². The first-order valence-corrected chi connectivity index (χ1v) is 7.85. The van der Waals surface area contributed by atoms with E-state index in [1.807, 2.05) is 18.2 Å². The van der Waals surface area contributed by atoms with Gasteiger partial charge in [0, 0.05) is 18.3 Å². The zero-order valence-electron chi connectivity index (χ0n) is 12.2. The summed E-state index contributed by atoms with van der Waals surface area (Å²) in [5, 5.41) is 3.26. The van der Waals surface area contributed by atoms with E-state index < -0.39 is 0 Å². The summed E-state index contributed by atoms with van der Waals surface area (Å²) >= 11 is 0. The lowest BCUT2D eigenvalue weighted by atomic mass is 9.95. The van der Waals surface area contributed by atoms with Crippen molar-refractivity contribution >= 4 is 11.6 Å². The van der Waals surface area contributed by atoms with Crippen LogP contribution in [0.1, 0.15) is 32.6 Å². The highest BCUT2D eigenvalue weighted by Gasteiger charge is 2.40. The van der Waals surface area contributed by atoms with Gasteiger partial charge in [-0.2, -0.15) is 0 Å². The summed E-state index contributed by atoms with van der Waals surface area (Å²) in [4.78, 5) is 14.4. The third kappa shape index (κ3) is 2.82. The largest absolute Gasteiger partial charge is 0.363 e. The molecule has 1 N–H and O–H groups in total. The van der Waals surface area contributed by atoms with Gasteiger partial charge in [-0.25, -0.2) is 0 Å². The number of amides is 1. The molecule has 2 aliphatic carbocycles. The number of rotatable bonds is 5. The third-order valence-electron chi connectivity index (χ3n) is 4.92. The van der Waals surface area contributed by atoms with Gasteiger partial charge in [-0.15, -0.1) is 0 Å². The van der Waals surface area contributed by atoms with Crippen LogP contribution in [-0.4, -0.2) is 25.0 Å². The first kappa shape index (κ1) is 13.5. The van der Waals surface area contributed by atoms with Crippen molar-refractivity contribution in [2.24, 2.45) is 11.8 Å². The Balaban J connectivity index is 1.55. The summed E-state index contributed by atoms with van der Waals surface area (Å²) < 4.78 is 0. The van der Waals surface area contributed by atoms with E-state index in [2.05, 4.69) is 29.3 Å². The Morgan fingerprint density at radius 1 is 1.25 bits per heavy atom. The Kier molecular flexibility index (Phi) is 3.95. The molecule has 0 spiro atoms. The maximum absolute atomic E-state index is 12.3. The fourth-order valence-corrected chi connectivity index (χ4v) is 3.87. The van der Waals surface area contributed by atoms with Gasteiger partial charge in [0.1, 0.15) is 0 Å². The van der Waals surface area contributed by atoms with Crippen molar-refractivity contribution in [3.63, 3.8) is 0 Å². The molecule has 1 aromatic rings. The third-order valence-corrected chi connectivity index (χ3v) is 4.92. The molecule has 3 heteroatoms. The SMILES string of the molecule is CCN(CC(=O)NC1CC2CCC1C2)c1ccccc1. The highest BCUT2D eigenvalue weighted by molar-refractivity contribution is 5.81. The van der Waals surface area contributed by atoms with Gasteiger partial charge in [0.2, 0.25) is 5.91 Å². The van der Waals surface area contributed by atoms with Crippen molar-refractivity contribution in [3.05, 3.63) is 30.3 Å². The van der Waals surface area contributed by atoms with Crippen molar-refractivity contribution in [1.29, 1.82) is 0 Å². The number of para-hydroxylation sites is 1. The van der Waals surface area contributed by atoms with Crippen LogP contribution in [0.5, 0.6) is 0 Å². The maximum atomic E-state index is 12.3. The molecule has 1 aromatic carbocycles. The van der Waals surface area contributed by atoms with Crippen molar-refractivity contribution in [1.82, 2.24) is 5.32 Å². The van der Waals surface area contributed by atoms with E-state index in [0.29, 0.717) is 12.6 Å². The summed E-state index contributed by atoms with van der Waals surface area (Å²) in [7, 11) is 0. The van der Waals surface area contributed by atoms with Crippen LogP contribution in [0.3, 0.4) is 0 Å². The van der Waals surface area contributed by atoms with E-state index in [-0.39, 0.29) is 5.91 Å². The number of hydrogen-bond acceptors (Lipinski definition) is 2. The van der Waals surface area contributed by atoms with E-state index in [9.17, 15) is 4.79 Å². The van der Waals surface area contributed by atoms with Crippen LogP contribution < -0.4 is 10.2 Å². The fourth-order valence-electron chi connectivity index (χ4n) is 3.87. The molecule has 3 unspecified atom stereocenters. The Morgan fingerprint density at radius 3 is 2.65 bits per heavy atom. The van der Waals surface area contributed by atoms with Crippen LogP contribution in [0, 0.1) is 11.8 Å². The number of benzene rings is 1. The summed E-state index contributed by atoms with van der Waals surface area (Å²) in [6, 6.07) is 10.6. The number of likely N-dealkylation sites (N-methyl/N-ethyl adjacent to an activating group) is 1. The predicted octanol–water partition coefficient (Wildman–Crippen LogP) is 2.82. The molecule has 0 aromatic heterocycles. The molecule has 20 heavy (non-hydrogen) atoms. The molecule has 0 aliphatic heterocycles. The quantitative estimate of drug-likeness (QED) is 0.894. The molecule has 2 aliphatic rings. The van der Waals surface area contributed by atoms with Gasteiger partial charge >= 0.3 is 0 Å². The minimum Gasteiger partial charge on any atom is -0.363 e. The van der Waals surface area contributed by atoms with E-state index in [1.165, 1.54) is 25.7 Å². The molecule has 108 valence electrons. The second-order valence-electron chi connectivity index (χ2n) is 6.20. The highest BCUT2D eigenvalue weighted by atomic mass is 16.2. The Bertz CT molecular complexity index is 459. The molecule has 0 radical (unpaired) electrons. The van der Waals surface area contributed by atoms with Crippen molar-refractivity contribution in [2.45, 2.75) is 38.6 Å². The molecule has 3 nitrogen and oxygen atoms in total. The number of nitrogens with zero attached hydrogens (tertiary/aromatic N) is 1. The molecule has 2 bridgehead atoms. The highest BCUT2D eigenvalue weighted by Crippen LogP contribution is 2.44. The Labute approximate surface area is 121 Å². The van der Waals surface area contributed by atoms with Gasteiger partial charge in [-0.05, 0) is 50.2 Å². The lowest BCUT2D eigenvalue weighted by Crippen LogP contribution is -2.44. The molecule has 3 rings (SSSR count). The van der Waals surface area contributed by atoms with Crippen LogP contribution >= 0.6 is 0 Å². The molecular weight excluding hydrogens is 248 g/mol. The molecule has 0 saturated heterocycles. The van der Waals surface area contributed by atoms with Crippen LogP contribution in [0.15, 0.2) is 30.3 Å². The van der Waals surface area contributed by atoms with E-state index in [0.717, 1.165) is 24.1 Å². The summed E-state index contributed by atoms with van der Waals surface area (Å²) in [5.74, 6) is 1.80. The predicted molar refractivity (Wildman–Crippen MR) is 81.7 cm³/mol. The molecule has 3 atom stereocenters. The number of carbonyl (C=O) groups is 1. The normalized spacial score (nSPS) is 27.6. The minimum atomic E-state index is 0.174. The molecule has 2 fully saturated rings. The monoisotopic (exact) mass is 272 g/mol. The maximum Gasteiger partial charge on any atom is 0.239 e. The van der Waals surface area contributed by atoms with Gasteiger partial charge in [0.05, 0.1) is 6.54 Å². The Hall–Kier alpha value is -1.51. The summed E-state index contributed by atoms with van der Waals surface area (Å²) in [6.45, 7) is 3.42. The molecule has 0 heterocycles. The van der Waals surface area contributed by atoms with Gasteiger partial charge in [-0.1, -0.05) is 24.6 Å². The van der Waals surface area contributed by atoms with Crippen LogP contribution in [0.2, 0.25) is 0 Å². The van der Waals surface area contributed by atoms with Crippen LogP contribution in [0.25, 0.3) is 0 Å². The van der Waals surface area contributed by atoms with E-state index in [1.54, 1.807) is 0 Å². The minimum absolute atomic E-state index is 0.174. The second-order valence-corrected chi connectivity index (χ2v) is 6.20. The van der Waals surface area contributed by atoms with Crippen LogP contribution in [0.4, 0.5) is 5.69 Å². The van der Waals surface area contributed by atoms with E-state index in [4.69, 9.17) is 0 Å². The van der Waals surface area contributed by atoms with Gasteiger partial charge in [-0.3, -0.25) is 4.79 Å². The smallest absolute Gasteiger partial charge is 0.239 e. The number of anilines is 1. The van der Waals surface area contributed by atoms with Crippen LogP contribution in [-0.2, 0) is 4.79 Å². The lowest BCUT2D eigenvalue weighted by molar-refractivity contribution is -0.120. The van der Waals surface area contributed by atoms with Crippen molar-refractivity contribution in [3.8, 4) is 0 Å². The molecular formula is C17H24N2O. The lowest BCUT2D eigenvalue weighted by Gasteiger charge is -2.26. The number of hydrogen-bond donors (Lipinski definition) is 1. The van der Waals surface area contributed by atoms with E-state index >= 15 is 0 Å².